The zero-order chi connectivity index (χ0) is 18.8. The normalized spacial score (nSPS) is 12.4. The fourth-order valence-corrected chi connectivity index (χ4v) is 2.87. The van der Waals surface area contributed by atoms with Gasteiger partial charge in [-0.1, -0.05) is 23.4 Å². The molecule has 0 spiro atoms. The highest BCUT2D eigenvalue weighted by Gasteiger charge is 2.21. The molecule has 0 saturated carbocycles. The Morgan fingerprint density at radius 2 is 2.07 bits per heavy atom. The number of carbonyl (C=O) groups is 1. The Bertz CT molecular complexity index is 1020. The summed E-state index contributed by atoms with van der Waals surface area (Å²) in [5.74, 6) is 2.04. The lowest BCUT2D eigenvalue weighted by molar-refractivity contribution is -0.132. The standard InChI is InChI=1S/C20H19N3O4/c1-13(17-12-14-6-3-4-7-15(14)26-17)23(2)19(24)10-9-18-21-20(22-27-18)16-8-5-11-25-16/h3-8,11-13H,9-10H2,1-2H3/t13-/m1/s1. The third-order valence-electron chi connectivity index (χ3n) is 4.59. The predicted molar refractivity (Wildman–Crippen MR) is 97.7 cm³/mol. The Kier molecular flexibility index (Phi) is 4.50. The van der Waals surface area contributed by atoms with Crippen LogP contribution in [0.3, 0.4) is 0 Å². The van der Waals surface area contributed by atoms with Crippen LogP contribution >= 0.6 is 0 Å². The number of nitrogens with zero attached hydrogens (tertiary/aromatic N) is 3. The first kappa shape index (κ1) is 17.1. The highest BCUT2D eigenvalue weighted by Crippen LogP contribution is 2.27. The van der Waals surface area contributed by atoms with Crippen LogP contribution in [0.5, 0.6) is 0 Å². The van der Waals surface area contributed by atoms with Crippen molar-refractivity contribution in [2.45, 2.75) is 25.8 Å². The molecule has 4 aromatic rings. The van der Waals surface area contributed by atoms with Gasteiger partial charge >= 0.3 is 0 Å². The Hall–Kier alpha value is -3.35. The molecule has 138 valence electrons. The maximum Gasteiger partial charge on any atom is 0.238 e. The van der Waals surface area contributed by atoms with Crippen LogP contribution in [-0.4, -0.2) is 28.0 Å². The second-order valence-electron chi connectivity index (χ2n) is 6.36. The number of rotatable bonds is 6. The molecule has 7 heteroatoms. The Morgan fingerprint density at radius 1 is 1.22 bits per heavy atom. The summed E-state index contributed by atoms with van der Waals surface area (Å²) in [6, 6.07) is 13.1. The van der Waals surface area contributed by atoms with Gasteiger partial charge in [0.1, 0.15) is 11.3 Å². The summed E-state index contributed by atoms with van der Waals surface area (Å²) in [5, 5.41) is 4.89. The largest absolute Gasteiger partial charge is 0.461 e. The van der Waals surface area contributed by atoms with Crippen molar-refractivity contribution in [1.82, 2.24) is 15.0 Å². The van der Waals surface area contributed by atoms with Gasteiger partial charge in [-0.2, -0.15) is 4.98 Å². The monoisotopic (exact) mass is 365 g/mol. The van der Waals surface area contributed by atoms with Gasteiger partial charge in [0, 0.05) is 25.3 Å². The second kappa shape index (κ2) is 7.11. The molecule has 0 N–H and O–H groups in total. The maximum atomic E-state index is 12.6. The smallest absolute Gasteiger partial charge is 0.238 e. The molecule has 3 heterocycles. The molecule has 0 unspecified atom stereocenters. The molecule has 0 saturated heterocycles. The van der Waals surface area contributed by atoms with Gasteiger partial charge in [0.25, 0.3) is 0 Å². The van der Waals surface area contributed by atoms with E-state index < -0.39 is 0 Å². The average Bonchev–Trinajstić information content (AvgIpc) is 3.44. The van der Waals surface area contributed by atoms with Gasteiger partial charge in [0.05, 0.1) is 12.3 Å². The van der Waals surface area contributed by atoms with E-state index in [1.807, 2.05) is 37.3 Å². The van der Waals surface area contributed by atoms with Crippen molar-refractivity contribution in [3.8, 4) is 11.6 Å². The van der Waals surface area contributed by atoms with E-state index >= 15 is 0 Å². The van der Waals surface area contributed by atoms with E-state index in [0.717, 1.165) is 16.7 Å². The van der Waals surface area contributed by atoms with E-state index in [1.54, 1.807) is 30.3 Å². The van der Waals surface area contributed by atoms with Gasteiger partial charge in [0.15, 0.2) is 5.76 Å². The Labute approximate surface area is 155 Å². The van der Waals surface area contributed by atoms with Gasteiger partial charge in [-0.15, -0.1) is 0 Å². The number of furan rings is 2. The van der Waals surface area contributed by atoms with Crippen LogP contribution < -0.4 is 0 Å². The minimum atomic E-state index is -0.175. The number of para-hydroxylation sites is 1. The van der Waals surface area contributed by atoms with Gasteiger partial charge in [-0.3, -0.25) is 4.79 Å². The molecule has 0 fully saturated rings. The number of benzene rings is 1. The Morgan fingerprint density at radius 3 is 2.85 bits per heavy atom. The number of fused-ring (bicyclic) bond motifs is 1. The van der Waals surface area contributed by atoms with Crippen molar-refractivity contribution in [3.05, 3.63) is 60.4 Å². The average molecular weight is 365 g/mol. The van der Waals surface area contributed by atoms with Crippen LogP contribution in [0.25, 0.3) is 22.6 Å². The van der Waals surface area contributed by atoms with Crippen molar-refractivity contribution >= 4 is 16.9 Å². The van der Waals surface area contributed by atoms with Crippen LogP contribution in [-0.2, 0) is 11.2 Å². The van der Waals surface area contributed by atoms with Crippen molar-refractivity contribution in [1.29, 1.82) is 0 Å². The molecule has 0 aliphatic heterocycles. The number of hydrogen-bond donors (Lipinski definition) is 0. The molecular formula is C20H19N3O4. The first-order valence-electron chi connectivity index (χ1n) is 8.72. The summed E-state index contributed by atoms with van der Waals surface area (Å²) in [6.45, 7) is 1.94. The fourth-order valence-electron chi connectivity index (χ4n) is 2.87. The zero-order valence-electron chi connectivity index (χ0n) is 15.1. The van der Waals surface area contributed by atoms with Crippen LogP contribution in [0, 0.1) is 0 Å². The van der Waals surface area contributed by atoms with Crippen LogP contribution in [0.1, 0.15) is 31.0 Å². The lowest BCUT2D eigenvalue weighted by atomic mass is 10.2. The second-order valence-corrected chi connectivity index (χ2v) is 6.36. The fraction of sp³-hybridized carbons (Fsp3) is 0.250. The SMILES string of the molecule is C[C@H](c1cc2ccccc2o1)N(C)C(=O)CCc1nc(-c2ccco2)no1. The molecule has 0 bridgehead atoms. The van der Waals surface area contributed by atoms with E-state index in [0.29, 0.717) is 23.9 Å². The van der Waals surface area contributed by atoms with E-state index in [1.165, 1.54) is 0 Å². The van der Waals surface area contributed by atoms with Gasteiger partial charge in [-0.25, -0.2) is 0 Å². The number of aryl methyl sites for hydroxylation is 1. The third kappa shape index (κ3) is 3.48. The van der Waals surface area contributed by atoms with Gasteiger partial charge in [0.2, 0.25) is 17.6 Å². The minimum Gasteiger partial charge on any atom is -0.461 e. The van der Waals surface area contributed by atoms with Crippen LogP contribution in [0.4, 0.5) is 0 Å². The molecule has 1 atom stereocenters. The molecule has 4 rings (SSSR count). The quantitative estimate of drug-likeness (QED) is 0.508. The van der Waals surface area contributed by atoms with E-state index in [9.17, 15) is 4.79 Å². The topological polar surface area (TPSA) is 85.5 Å². The van der Waals surface area contributed by atoms with Crippen molar-refractivity contribution < 1.29 is 18.2 Å². The Balaban J connectivity index is 1.38. The maximum absolute atomic E-state index is 12.6. The first-order valence-corrected chi connectivity index (χ1v) is 8.72. The summed E-state index contributed by atoms with van der Waals surface area (Å²) in [7, 11) is 1.77. The summed E-state index contributed by atoms with van der Waals surface area (Å²) in [4.78, 5) is 18.5. The molecular weight excluding hydrogens is 346 g/mol. The molecule has 7 nitrogen and oxygen atoms in total. The zero-order valence-corrected chi connectivity index (χ0v) is 15.1. The van der Waals surface area contributed by atoms with Gasteiger partial charge < -0.3 is 18.3 Å². The molecule has 0 aliphatic rings. The van der Waals surface area contributed by atoms with E-state index in [-0.39, 0.29) is 18.4 Å². The summed E-state index contributed by atoms with van der Waals surface area (Å²) in [6.07, 6.45) is 2.17. The van der Waals surface area contributed by atoms with E-state index in [2.05, 4.69) is 10.1 Å². The summed E-state index contributed by atoms with van der Waals surface area (Å²) >= 11 is 0. The molecule has 0 aliphatic carbocycles. The third-order valence-corrected chi connectivity index (χ3v) is 4.59. The molecule has 3 aromatic heterocycles. The molecule has 27 heavy (non-hydrogen) atoms. The highest BCUT2D eigenvalue weighted by molar-refractivity contribution is 5.79. The van der Waals surface area contributed by atoms with Crippen LogP contribution in [0.15, 0.2) is 62.1 Å². The molecule has 1 amide bonds. The number of carbonyl (C=O) groups excluding carboxylic acids is 1. The van der Waals surface area contributed by atoms with Crippen molar-refractivity contribution in [2.75, 3.05) is 7.05 Å². The number of hydrogen-bond acceptors (Lipinski definition) is 6. The molecule has 1 aromatic carbocycles. The number of aromatic nitrogens is 2. The summed E-state index contributed by atoms with van der Waals surface area (Å²) < 4.78 is 16.3. The minimum absolute atomic E-state index is 0.0271. The van der Waals surface area contributed by atoms with E-state index in [4.69, 9.17) is 13.4 Å². The van der Waals surface area contributed by atoms with Crippen molar-refractivity contribution in [2.24, 2.45) is 0 Å². The predicted octanol–water partition coefficient (Wildman–Crippen LogP) is 4.23. The van der Waals surface area contributed by atoms with Crippen LogP contribution in [0.2, 0.25) is 0 Å². The highest BCUT2D eigenvalue weighted by atomic mass is 16.5. The van der Waals surface area contributed by atoms with Gasteiger partial charge in [-0.05, 0) is 31.2 Å². The van der Waals surface area contributed by atoms with Crippen molar-refractivity contribution in [3.63, 3.8) is 0 Å². The lowest BCUT2D eigenvalue weighted by Gasteiger charge is -2.23. The summed E-state index contributed by atoms with van der Waals surface area (Å²) in [5.41, 5.74) is 0.816. The molecule has 0 radical (unpaired) electrons. The number of amides is 1. The lowest BCUT2D eigenvalue weighted by Crippen LogP contribution is -2.29. The first-order chi connectivity index (χ1) is 13.1.